The fourth-order valence-electron chi connectivity index (χ4n) is 2.77. The summed E-state index contributed by atoms with van der Waals surface area (Å²) in [6.45, 7) is 4.58. The van der Waals surface area contributed by atoms with Crippen molar-refractivity contribution in [2.24, 2.45) is 0 Å². The first-order valence-corrected chi connectivity index (χ1v) is 8.82. The lowest BCUT2D eigenvalue weighted by Crippen LogP contribution is -1.95. The van der Waals surface area contributed by atoms with E-state index in [-0.39, 0.29) is 0 Å². The van der Waals surface area contributed by atoms with Crippen LogP contribution in [0.3, 0.4) is 0 Å². The van der Waals surface area contributed by atoms with Crippen molar-refractivity contribution in [3.63, 3.8) is 0 Å². The van der Waals surface area contributed by atoms with Crippen LogP contribution < -0.4 is 4.74 Å². The van der Waals surface area contributed by atoms with Crippen LogP contribution in [0.25, 0.3) is 22.6 Å². The van der Waals surface area contributed by atoms with Gasteiger partial charge in [-0.25, -0.2) is 4.98 Å². The van der Waals surface area contributed by atoms with Crippen LogP contribution in [0.4, 0.5) is 0 Å². The average molecular weight is 364 g/mol. The largest absolute Gasteiger partial charge is 0.489 e. The van der Waals surface area contributed by atoms with Crippen LogP contribution >= 0.6 is 11.6 Å². The van der Waals surface area contributed by atoms with E-state index in [0.717, 1.165) is 28.0 Å². The number of hydrogen-bond donors (Lipinski definition) is 0. The Bertz CT molecular complexity index is 1030. The molecule has 26 heavy (non-hydrogen) atoms. The minimum Gasteiger partial charge on any atom is -0.489 e. The number of halogens is 1. The van der Waals surface area contributed by atoms with Crippen molar-refractivity contribution in [3.8, 4) is 17.2 Å². The Labute approximate surface area is 157 Å². The third kappa shape index (κ3) is 3.31. The topological polar surface area (TPSA) is 35.3 Å². The van der Waals surface area contributed by atoms with Gasteiger partial charge in [-0.15, -0.1) is 0 Å². The van der Waals surface area contributed by atoms with E-state index < -0.39 is 0 Å². The maximum atomic E-state index is 6.16. The first-order valence-electron chi connectivity index (χ1n) is 8.44. The Balaban J connectivity index is 1.53. The molecule has 0 amide bonds. The highest BCUT2D eigenvalue weighted by Gasteiger charge is 2.10. The number of aromatic nitrogens is 1. The number of oxazole rings is 1. The third-order valence-corrected chi connectivity index (χ3v) is 4.83. The summed E-state index contributed by atoms with van der Waals surface area (Å²) in [7, 11) is 0. The molecule has 0 aliphatic heterocycles. The molecule has 4 aromatic rings. The molecule has 1 aromatic heterocycles. The van der Waals surface area contributed by atoms with Crippen LogP contribution in [0.5, 0.6) is 5.75 Å². The minimum absolute atomic E-state index is 0.431. The Kier molecular flexibility index (Phi) is 4.39. The summed E-state index contributed by atoms with van der Waals surface area (Å²) in [5.41, 5.74) is 5.97. The van der Waals surface area contributed by atoms with Gasteiger partial charge in [0.15, 0.2) is 5.58 Å². The molecule has 0 fully saturated rings. The molecule has 0 spiro atoms. The lowest BCUT2D eigenvalue weighted by atomic mass is 10.1. The molecule has 0 atom stereocenters. The summed E-state index contributed by atoms with van der Waals surface area (Å²) < 4.78 is 11.7. The number of aryl methyl sites for hydroxylation is 2. The van der Waals surface area contributed by atoms with E-state index in [4.69, 9.17) is 20.8 Å². The molecular formula is C22H18ClNO2. The van der Waals surface area contributed by atoms with E-state index in [1.165, 1.54) is 11.1 Å². The molecule has 3 nitrogen and oxygen atoms in total. The predicted octanol–water partition coefficient (Wildman–Crippen LogP) is 6.34. The molecule has 3 aromatic carbocycles. The second-order valence-corrected chi connectivity index (χ2v) is 6.73. The predicted molar refractivity (Wildman–Crippen MR) is 105 cm³/mol. The number of ether oxygens (including phenoxy) is 1. The van der Waals surface area contributed by atoms with Gasteiger partial charge in [0.05, 0.1) is 0 Å². The van der Waals surface area contributed by atoms with Gasteiger partial charge in [0, 0.05) is 16.1 Å². The van der Waals surface area contributed by atoms with Gasteiger partial charge in [0.1, 0.15) is 17.9 Å². The van der Waals surface area contributed by atoms with Crippen LogP contribution in [-0.2, 0) is 6.61 Å². The molecule has 0 bridgehead atoms. The molecule has 0 N–H and O–H groups in total. The molecule has 4 heteroatoms. The van der Waals surface area contributed by atoms with E-state index in [2.05, 4.69) is 24.9 Å². The Morgan fingerprint density at radius 3 is 2.46 bits per heavy atom. The molecular weight excluding hydrogens is 346 g/mol. The Morgan fingerprint density at radius 1 is 0.962 bits per heavy atom. The fourth-order valence-corrected chi connectivity index (χ4v) is 2.96. The second-order valence-electron chi connectivity index (χ2n) is 6.33. The van der Waals surface area contributed by atoms with Crippen LogP contribution in [0.2, 0.25) is 5.02 Å². The zero-order valence-corrected chi connectivity index (χ0v) is 15.4. The zero-order chi connectivity index (χ0) is 18.1. The number of fused-ring (bicyclic) bond motifs is 1. The standard InChI is InChI=1S/C22H18ClNO2/c1-14-11-20-21(12-15(14)2)26-22(24-20)16-7-9-18(10-8-16)25-13-17-5-3-4-6-19(17)23/h3-12H,13H2,1-2H3. The normalized spacial score (nSPS) is 11.0. The molecule has 0 aliphatic carbocycles. The summed E-state index contributed by atoms with van der Waals surface area (Å²) in [6.07, 6.45) is 0. The number of hydrogen-bond acceptors (Lipinski definition) is 3. The lowest BCUT2D eigenvalue weighted by Gasteiger charge is -2.07. The summed E-state index contributed by atoms with van der Waals surface area (Å²) >= 11 is 6.16. The van der Waals surface area contributed by atoms with Crippen LogP contribution in [0.15, 0.2) is 65.1 Å². The molecule has 1 heterocycles. The summed E-state index contributed by atoms with van der Waals surface area (Å²) in [4.78, 5) is 4.59. The second kappa shape index (κ2) is 6.85. The van der Waals surface area contributed by atoms with Gasteiger partial charge in [-0.1, -0.05) is 29.8 Å². The molecule has 0 aliphatic rings. The van der Waals surface area contributed by atoms with Crippen molar-refractivity contribution < 1.29 is 9.15 Å². The van der Waals surface area contributed by atoms with E-state index >= 15 is 0 Å². The van der Waals surface area contributed by atoms with Gasteiger partial charge in [-0.05, 0) is 67.4 Å². The monoisotopic (exact) mass is 363 g/mol. The highest BCUT2D eigenvalue weighted by atomic mass is 35.5. The molecule has 0 saturated heterocycles. The molecule has 0 radical (unpaired) electrons. The lowest BCUT2D eigenvalue weighted by molar-refractivity contribution is 0.306. The van der Waals surface area contributed by atoms with Crippen molar-refractivity contribution in [2.45, 2.75) is 20.5 Å². The Hall–Kier alpha value is -2.78. The smallest absolute Gasteiger partial charge is 0.227 e. The van der Waals surface area contributed by atoms with Crippen molar-refractivity contribution in [2.75, 3.05) is 0 Å². The van der Waals surface area contributed by atoms with Gasteiger partial charge in [-0.3, -0.25) is 0 Å². The van der Waals surface area contributed by atoms with Crippen molar-refractivity contribution >= 4 is 22.7 Å². The van der Waals surface area contributed by atoms with Gasteiger partial charge >= 0.3 is 0 Å². The maximum absolute atomic E-state index is 6.16. The van der Waals surface area contributed by atoms with Crippen LogP contribution in [0, 0.1) is 13.8 Å². The van der Waals surface area contributed by atoms with E-state index in [1.807, 2.05) is 54.6 Å². The number of nitrogens with zero attached hydrogens (tertiary/aromatic N) is 1. The quantitative estimate of drug-likeness (QED) is 0.424. The summed E-state index contributed by atoms with van der Waals surface area (Å²) in [5, 5.41) is 0.709. The van der Waals surface area contributed by atoms with Gasteiger partial charge in [-0.2, -0.15) is 0 Å². The van der Waals surface area contributed by atoms with Gasteiger partial charge < -0.3 is 9.15 Å². The number of benzene rings is 3. The highest BCUT2D eigenvalue weighted by Crippen LogP contribution is 2.28. The Morgan fingerprint density at radius 2 is 1.69 bits per heavy atom. The van der Waals surface area contributed by atoms with Crippen LogP contribution in [-0.4, -0.2) is 4.98 Å². The van der Waals surface area contributed by atoms with E-state index in [1.54, 1.807) is 0 Å². The third-order valence-electron chi connectivity index (χ3n) is 4.46. The molecule has 130 valence electrons. The fraction of sp³-hybridized carbons (Fsp3) is 0.136. The molecule has 0 unspecified atom stereocenters. The van der Waals surface area contributed by atoms with E-state index in [0.29, 0.717) is 17.5 Å². The summed E-state index contributed by atoms with van der Waals surface area (Å²) in [6, 6.07) is 19.5. The van der Waals surface area contributed by atoms with Crippen LogP contribution in [0.1, 0.15) is 16.7 Å². The molecule has 0 saturated carbocycles. The molecule has 4 rings (SSSR count). The highest BCUT2D eigenvalue weighted by molar-refractivity contribution is 6.31. The van der Waals surface area contributed by atoms with Gasteiger partial charge in [0.25, 0.3) is 0 Å². The van der Waals surface area contributed by atoms with Crippen molar-refractivity contribution in [1.29, 1.82) is 0 Å². The average Bonchev–Trinajstić information content (AvgIpc) is 3.04. The van der Waals surface area contributed by atoms with Gasteiger partial charge in [0.2, 0.25) is 5.89 Å². The maximum Gasteiger partial charge on any atom is 0.227 e. The number of rotatable bonds is 4. The first-order chi connectivity index (χ1) is 12.6. The first kappa shape index (κ1) is 16.7. The van der Waals surface area contributed by atoms with Crippen molar-refractivity contribution in [1.82, 2.24) is 4.98 Å². The summed E-state index contributed by atoms with van der Waals surface area (Å²) in [5.74, 6) is 1.39. The zero-order valence-electron chi connectivity index (χ0n) is 14.6. The van der Waals surface area contributed by atoms with Crippen molar-refractivity contribution in [3.05, 3.63) is 82.4 Å². The minimum atomic E-state index is 0.431. The SMILES string of the molecule is Cc1cc2nc(-c3ccc(OCc4ccccc4Cl)cc3)oc2cc1C. The van der Waals surface area contributed by atoms with E-state index in [9.17, 15) is 0 Å².